The van der Waals surface area contributed by atoms with E-state index in [0.717, 1.165) is 5.56 Å². The van der Waals surface area contributed by atoms with E-state index >= 15 is 0 Å². The monoisotopic (exact) mass is 181 g/mol. The zero-order valence-corrected chi connectivity index (χ0v) is 7.64. The molecule has 70 valence electrons. The second kappa shape index (κ2) is 4.25. The Balaban J connectivity index is 2.79. The van der Waals surface area contributed by atoms with Crippen LogP contribution in [0.5, 0.6) is 5.88 Å². The van der Waals surface area contributed by atoms with Gasteiger partial charge in [-0.2, -0.15) is 0 Å². The van der Waals surface area contributed by atoms with Crippen molar-refractivity contribution in [1.29, 1.82) is 0 Å². The van der Waals surface area contributed by atoms with Gasteiger partial charge in [0.05, 0.1) is 0 Å². The molecule has 0 aliphatic carbocycles. The highest BCUT2D eigenvalue weighted by molar-refractivity contribution is 6.33. The summed E-state index contributed by atoms with van der Waals surface area (Å²) in [7, 11) is -1.81. The van der Waals surface area contributed by atoms with Gasteiger partial charge in [-0.3, -0.25) is 0 Å². The molecular weight excluding hydrogens is 169 g/mol. The molecular formula is C8H12BNO3. The first kappa shape index (κ1) is 10.0. The van der Waals surface area contributed by atoms with Gasteiger partial charge in [-0.05, 0) is 17.5 Å². The quantitative estimate of drug-likeness (QED) is 0.668. The Morgan fingerprint density at radius 2 is 2.15 bits per heavy atom. The molecule has 0 bridgehead atoms. The lowest BCUT2D eigenvalue weighted by Gasteiger charge is -2.07. The minimum absolute atomic E-state index is 0.223. The van der Waals surface area contributed by atoms with E-state index < -0.39 is 7.32 Å². The summed E-state index contributed by atoms with van der Waals surface area (Å²) >= 11 is 0. The van der Waals surface area contributed by atoms with Crippen molar-refractivity contribution in [2.24, 2.45) is 0 Å². The van der Waals surface area contributed by atoms with E-state index in [4.69, 9.17) is 10.0 Å². The molecule has 0 spiro atoms. The molecule has 0 aromatic carbocycles. The SMILES string of the molecule is CC(C)c1ccnc(OB(O)O)c1. The van der Waals surface area contributed by atoms with Gasteiger partial charge in [0.2, 0.25) is 0 Å². The van der Waals surface area contributed by atoms with Gasteiger partial charge >= 0.3 is 7.32 Å². The van der Waals surface area contributed by atoms with Crippen LogP contribution in [-0.4, -0.2) is 22.4 Å². The van der Waals surface area contributed by atoms with Gasteiger partial charge in [0.25, 0.3) is 0 Å². The Hall–Kier alpha value is -1.07. The molecule has 0 fully saturated rings. The fourth-order valence-corrected chi connectivity index (χ4v) is 0.956. The van der Waals surface area contributed by atoms with Gasteiger partial charge in [-0.25, -0.2) is 4.98 Å². The normalized spacial score (nSPS) is 10.2. The molecule has 0 saturated carbocycles. The van der Waals surface area contributed by atoms with Crippen molar-refractivity contribution in [3.8, 4) is 5.88 Å². The number of aromatic nitrogens is 1. The average Bonchev–Trinajstić information content (AvgIpc) is 2.03. The maximum atomic E-state index is 8.53. The predicted octanol–water partition coefficient (Wildman–Crippen LogP) is 0.553. The van der Waals surface area contributed by atoms with Gasteiger partial charge in [-0.1, -0.05) is 13.8 Å². The first-order chi connectivity index (χ1) is 6.09. The van der Waals surface area contributed by atoms with Gasteiger partial charge in [0, 0.05) is 12.3 Å². The second-order valence-corrected chi connectivity index (χ2v) is 3.03. The summed E-state index contributed by atoms with van der Waals surface area (Å²) in [5.74, 6) is 0.586. The molecule has 1 aromatic rings. The van der Waals surface area contributed by atoms with Gasteiger partial charge in [-0.15, -0.1) is 0 Å². The van der Waals surface area contributed by atoms with Crippen LogP contribution in [0.25, 0.3) is 0 Å². The van der Waals surface area contributed by atoms with Crippen molar-refractivity contribution in [3.05, 3.63) is 23.9 Å². The predicted molar refractivity (Wildman–Crippen MR) is 49.1 cm³/mol. The maximum absolute atomic E-state index is 8.53. The summed E-state index contributed by atoms with van der Waals surface area (Å²) in [6.45, 7) is 4.07. The smallest absolute Gasteiger partial charge is 0.498 e. The summed E-state index contributed by atoms with van der Waals surface area (Å²) in [6, 6.07) is 3.55. The van der Waals surface area contributed by atoms with Crippen LogP contribution in [0.15, 0.2) is 18.3 Å². The molecule has 0 atom stereocenters. The lowest BCUT2D eigenvalue weighted by molar-refractivity contribution is 0.283. The Kier molecular flexibility index (Phi) is 3.28. The number of hydrogen-bond acceptors (Lipinski definition) is 4. The summed E-state index contributed by atoms with van der Waals surface area (Å²) in [5, 5.41) is 17.1. The van der Waals surface area contributed by atoms with E-state index in [1.165, 1.54) is 0 Å². The van der Waals surface area contributed by atoms with Crippen molar-refractivity contribution in [3.63, 3.8) is 0 Å². The summed E-state index contributed by atoms with van der Waals surface area (Å²) in [4.78, 5) is 3.82. The standard InChI is InChI=1S/C8H12BNO3/c1-6(2)7-3-4-10-8(5-7)13-9(11)12/h3-6,11-12H,1-2H3. The van der Waals surface area contributed by atoms with E-state index in [2.05, 4.69) is 9.64 Å². The largest absolute Gasteiger partial charge is 0.708 e. The fourth-order valence-electron chi connectivity index (χ4n) is 0.956. The molecule has 5 heteroatoms. The zero-order valence-electron chi connectivity index (χ0n) is 7.64. The van der Waals surface area contributed by atoms with Crippen molar-refractivity contribution in [2.45, 2.75) is 19.8 Å². The second-order valence-electron chi connectivity index (χ2n) is 3.03. The highest BCUT2D eigenvalue weighted by Gasteiger charge is 2.12. The van der Waals surface area contributed by atoms with Gasteiger partial charge < -0.3 is 14.7 Å². The van der Waals surface area contributed by atoms with Crippen LogP contribution in [0.3, 0.4) is 0 Å². The van der Waals surface area contributed by atoms with Crippen LogP contribution in [0, 0.1) is 0 Å². The van der Waals surface area contributed by atoms with E-state index in [1.807, 2.05) is 19.9 Å². The molecule has 0 unspecified atom stereocenters. The maximum Gasteiger partial charge on any atom is 0.708 e. The lowest BCUT2D eigenvalue weighted by atomic mass is 10.1. The molecule has 1 heterocycles. The van der Waals surface area contributed by atoms with Crippen molar-refractivity contribution < 1.29 is 14.7 Å². The van der Waals surface area contributed by atoms with Crippen molar-refractivity contribution in [2.75, 3.05) is 0 Å². The molecule has 4 nitrogen and oxygen atoms in total. The first-order valence-corrected chi connectivity index (χ1v) is 4.08. The molecule has 13 heavy (non-hydrogen) atoms. The Bertz CT molecular complexity index is 278. The van der Waals surface area contributed by atoms with E-state index in [0.29, 0.717) is 5.92 Å². The van der Waals surface area contributed by atoms with Crippen LogP contribution in [0.4, 0.5) is 0 Å². The summed E-state index contributed by atoms with van der Waals surface area (Å²) in [5.41, 5.74) is 1.05. The molecule has 0 radical (unpaired) electrons. The molecule has 0 saturated heterocycles. The molecule has 1 rings (SSSR count). The Morgan fingerprint density at radius 3 is 2.69 bits per heavy atom. The molecule has 0 aliphatic heterocycles. The highest BCUT2D eigenvalue weighted by Crippen LogP contribution is 2.17. The van der Waals surface area contributed by atoms with E-state index in [1.54, 1.807) is 12.3 Å². The Morgan fingerprint density at radius 1 is 1.46 bits per heavy atom. The Labute approximate surface area is 77.4 Å². The summed E-state index contributed by atoms with van der Waals surface area (Å²) < 4.78 is 4.61. The average molecular weight is 181 g/mol. The van der Waals surface area contributed by atoms with Crippen molar-refractivity contribution >= 4 is 7.32 Å². The minimum atomic E-state index is -1.81. The fraction of sp³-hybridized carbons (Fsp3) is 0.375. The third kappa shape index (κ3) is 3.04. The molecule has 0 aliphatic rings. The zero-order chi connectivity index (χ0) is 9.84. The summed E-state index contributed by atoms with van der Waals surface area (Å²) in [6.07, 6.45) is 1.58. The number of nitrogens with zero attached hydrogens (tertiary/aromatic N) is 1. The first-order valence-electron chi connectivity index (χ1n) is 4.08. The number of rotatable bonds is 3. The highest BCUT2D eigenvalue weighted by atomic mass is 16.6. The third-order valence-corrected chi connectivity index (χ3v) is 1.65. The van der Waals surface area contributed by atoms with Crippen LogP contribution in [0.1, 0.15) is 25.3 Å². The van der Waals surface area contributed by atoms with Gasteiger partial charge in [0.15, 0.2) is 5.88 Å². The molecule has 0 amide bonds. The minimum Gasteiger partial charge on any atom is -0.498 e. The van der Waals surface area contributed by atoms with E-state index in [9.17, 15) is 0 Å². The van der Waals surface area contributed by atoms with Gasteiger partial charge in [0.1, 0.15) is 0 Å². The van der Waals surface area contributed by atoms with Crippen LogP contribution >= 0.6 is 0 Å². The number of pyridine rings is 1. The third-order valence-electron chi connectivity index (χ3n) is 1.65. The van der Waals surface area contributed by atoms with Crippen molar-refractivity contribution in [1.82, 2.24) is 4.98 Å². The number of hydrogen-bond donors (Lipinski definition) is 2. The topological polar surface area (TPSA) is 62.6 Å². The van der Waals surface area contributed by atoms with Crippen LogP contribution in [-0.2, 0) is 0 Å². The molecule has 1 aromatic heterocycles. The van der Waals surface area contributed by atoms with Crippen LogP contribution < -0.4 is 4.65 Å². The molecule has 2 N–H and O–H groups in total. The van der Waals surface area contributed by atoms with Crippen LogP contribution in [0.2, 0.25) is 0 Å². The van der Waals surface area contributed by atoms with E-state index in [-0.39, 0.29) is 5.88 Å². The lowest BCUT2D eigenvalue weighted by Crippen LogP contribution is -2.21.